The normalized spacial score (nSPS) is 23.0. The number of amides is 1. The molecule has 128 valence electrons. The molecular weight excluding hydrogens is 319 g/mol. The Bertz CT molecular complexity index is 555. The minimum absolute atomic E-state index is 0.0116. The molecule has 1 aliphatic rings. The van der Waals surface area contributed by atoms with Crippen molar-refractivity contribution >= 4 is 17.5 Å². The van der Waals surface area contributed by atoms with E-state index >= 15 is 0 Å². The summed E-state index contributed by atoms with van der Waals surface area (Å²) in [6, 6.07) is 5.03. The summed E-state index contributed by atoms with van der Waals surface area (Å²) in [5.41, 5.74) is 0.899. The van der Waals surface area contributed by atoms with Crippen LogP contribution in [-0.4, -0.2) is 44.7 Å². The highest BCUT2D eigenvalue weighted by atomic mass is 35.5. The number of rotatable bonds is 6. The summed E-state index contributed by atoms with van der Waals surface area (Å²) in [6.07, 6.45) is 0.963. The second-order valence-electron chi connectivity index (χ2n) is 6.25. The Morgan fingerprint density at radius 3 is 2.96 bits per heavy atom. The first kappa shape index (κ1) is 18.2. The molecule has 1 heterocycles. The van der Waals surface area contributed by atoms with Crippen LogP contribution in [0.2, 0.25) is 5.02 Å². The summed E-state index contributed by atoms with van der Waals surface area (Å²) in [4.78, 5) is 14.2. The Kier molecular flexibility index (Phi) is 6.39. The molecule has 3 atom stereocenters. The third kappa shape index (κ3) is 4.43. The Labute approximate surface area is 141 Å². The number of hydrogen-bond acceptors (Lipinski definition) is 3. The van der Waals surface area contributed by atoms with Crippen LogP contribution in [-0.2, 0) is 9.53 Å². The van der Waals surface area contributed by atoms with Crippen LogP contribution in [0.25, 0.3) is 0 Å². The number of nitrogens with zero attached hydrogens (tertiary/aromatic N) is 1. The maximum atomic E-state index is 13.8. The maximum Gasteiger partial charge on any atom is 0.225 e. The second kappa shape index (κ2) is 8.08. The van der Waals surface area contributed by atoms with Crippen LogP contribution in [0.3, 0.4) is 0 Å². The molecule has 0 saturated carbocycles. The molecular formula is C17H24ClFN2O2. The molecule has 1 amide bonds. The lowest BCUT2D eigenvalue weighted by Gasteiger charge is -2.26. The van der Waals surface area contributed by atoms with Gasteiger partial charge < -0.3 is 10.1 Å². The van der Waals surface area contributed by atoms with Crippen LogP contribution in [0.15, 0.2) is 18.2 Å². The first-order valence-electron chi connectivity index (χ1n) is 7.86. The number of hydrogen-bond donors (Lipinski definition) is 1. The Hall–Kier alpha value is -1.17. The first-order valence-corrected chi connectivity index (χ1v) is 8.23. The van der Waals surface area contributed by atoms with E-state index in [1.54, 1.807) is 13.2 Å². The fraction of sp³-hybridized carbons (Fsp3) is 0.588. The SMILES string of the molecule is COCC(C)C(=O)NCC1CCN(C)C1c1ccc(Cl)c(F)c1. The van der Waals surface area contributed by atoms with Crippen LogP contribution in [0.4, 0.5) is 4.39 Å². The predicted octanol–water partition coefficient (Wildman–Crippen LogP) is 2.87. The van der Waals surface area contributed by atoms with Crippen LogP contribution in [0, 0.1) is 17.7 Å². The van der Waals surface area contributed by atoms with E-state index in [1.165, 1.54) is 6.07 Å². The molecule has 1 N–H and O–H groups in total. The van der Waals surface area contributed by atoms with Crippen LogP contribution < -0.4 is 5.32 Å². The summed E-state index contributed by atoms with van der Waals surface area (Å²) < 4.78 is 18.8. The molecule has 2 rings (SSSR count). The molecule has 1 aromatic carbocycles. The maximum absolute atomic E-state index is 13.8. The zero-order valence-electron chi connectivity index (χ0n) is 13.8. The van der Waals surface area contributed by atoms with Crippen molar-refractivity contribution in [3.05, 3.63) is 34.6 Å². The van der Waals surface area contributed by atoms with Crippen molar-refractivity contribution < 1.29 is 13.9 Å². The number of likely N-dealkylation sites (tertiary alicyclic amines) is 1. The van der Waals surface area contributed by atoms with Gasteiger partial charge in [0.1, 0.15) is 5.82 Å². The highest BCUT2D eigenvalue weighted by Crippen LogP contribution is 2.36. The zero-order valence-corrected chi connectivity index (χ0v) is 14.6. The molecule has 0 aromatic heterocycles. The van der Waals surface area contributed by atoms with E-state index in [2.05, 4.69) is 10.2 Å². The molecule has 0 bridgehead atoms. The van der Waals surface area contributed by atoms with E-state index in [-0.39, 0.29) is 28.8 Å². The molecule has 6 heteroatoms. The highest BCUT2D eigenvalue weighted by Gasteiger charge is 2.33. The standard InChI is InChI=1S/C17H24ClFN2O2/c1-11(10-23-3)17(22)20-9-13-6-7-21(2)16(13)12-4-5-14(18)15(19)8-12/h4-5,8,11,13,16H,6-7,9-10H2,1-3H3,(H,20,22). The van der Waals surface area contributed by atoms with Crippen molar-refractivity contribution in [2.24, 2.45) is 11.8 Å². The van der Waals surface area contributed by atoms with Gasteiger partial charge in [0, 0.05) is 19.7 Å². The smallest absolute Gasteiger partial charge is 0.225 e. The highest BCUT2D eigenvalue weighted by molar-refractivity contribution is 6.30. The lowest BCUT2D eigenvalue weighted by molar-refractivity contribution is -0.126. The molecule has 1 fully saturated rings. The van der Waals surface area contributed by atoms with E-state index in [0.717, 1.165) is 18.5 Å². The van der Waals surface area contributed by atoms with Crippen molar-refractivity contribution in [2.45, 2.75) is 19.4 Å². The van der Waals surface area contributed by atoms with Crippen molar-refractivity contribution in [1.82, 2.24) is 10.2 Å². The lowest BCUT2D eigenvalue weighted by atomic mass is 9.93. The largest absolute Gasteiger partial charge is 0.384 e. The van der Waals surface area contributed by atoms with Crippen molar-refractivity contribution in [3.8, 4) is 0 Å². The van der Waals surface area contributed by atoms with Crippen molar-refractivity contribution in [3.63, 3.8) is 0 Å². The summed E-state index contributed by atoms with van der Waals surface area (Å²) >= 11 is 5.77. The number of halogens is 2. The van der Waals surface area contributed by atoms with Gasteiger partial charge >= 0.3 is 0 Å². The monoisotopic (exact) mass is 342 g/mol. The summed E-state index contributed by atoms with van der Waals surface area (Å²) in [5.74, 6) is -0.340. The zero-order chi connectivity index (χ0) is 17.0. The lowest BCUT2D eigenvalue weighted by Crippen LogP contribution is -2.36. The number of nitrogens with one attached hydrogen (secondary N) is 1. The molecule has 23 heavy (non-hydrogen) atoms. The third-order valence-corrected chi connectivity index (χ3v) is 4.77. The van der Waals surface area contributed by atoms with Gasteiger partial charge in [-0.05, 0) is 43.6 Å². The number of ether oxygens (including phenoxy) is 1. The molecule has 0 spiro atoms. The van der Waals surface area contributed by atoms with E-state index in [0.29, 0.717) is 13.2 Å². The minimum Gasteiger partial charge on any atom is -0.384 e. The van der Waals surface area contributed by atoms with Gasteiger partial charge in [-0.1, -0.05) is 24.6 Å². The van der Waals surface area contributed by atoms with Gasteiger partial charge in [0.25, 0.3) is 0 Å². The number of carbonyl (C=O) groups excluding carboxylic acids is 1. The average molecular weight is 343 g/mol. The van der Waals surface area contributed by atoms with E-state index in [9.17, 15) is 9.18 Å². The average Bonchev–Trinajstić information content (AvgIpc) is 2.89. The molecule has 1 aromatic rings. The van der Waals surface area contributed by atoms with Gasteiger partial charge in [-0.2, -0.15) is 0 Å². The summed E-state index contributed by atoms with van der Waals surface area (Å²) in [7, 11) is 3.60. The molecule has 0 aliphatic carbocycles. The second-order valence-corrected chi connectivity index (χ2v) is 6.66. The molecule has 3 unspecified atom stereocenters. The van der Waals surface area contributed by atoms with Gasteiger partial charge in [-0.25, -0.2) is 4.39 Å². The van der Waals surface area contributed by atoms with Crippen LogP contribution >= 0.6 is 11.6 Å². The van der Waals surface area contributed by atoms with E-state index in [1.807, 2.05) is 20.0 Å². The van der Waals surface area contributed by atoms with Gasteiger partial charge in [0.05, 0.1) is 17.5 Å². The Balaban J connectivity index is 2.03. The van der Waals surface area contributed by atoms with Crippen molar-refractivity contribution in [1.29, 1.82) is 0 Å². The van der Waals surface area contributed by atoms with Gasteiger partial charge in [0.2, 0.25) is 5.91 Å². The number of methoxy groups -OCH3 is 1. The predicted molar refractivity (Wildman–Crippen MR) is 88.9 cm³/mol. The third-order valence-electron chi connectivity index (χ3n) is 4.46. The molecule has 1 saturated heterocycles. The van der Waals surface area contributed by atoms with E-state index < -0.39 is 5.82 Å². The Morgan fingerprint density at radius 1 is 1.57 bits per heavy atom. The van der Waals surface area contributed by atoms with Crippen molar-refractivity contribution in [2.75, 3.05) is 33.9 Å². The first-order chi connectivity index (χ1) is 10.9. The fourth-order valence-corrected chi connectivity index (χ4v) is 3.31. The summed E-state index contributed by atoms with van der Waals surface area (Å²) in [6.45, 7) is 3.74. The van der Waals surface area contributed by atoms with Gasteiger partial charge in [0.15, 0.2) is 0 Å². The Morgan fingerprint density at radius 2 is 2.30 bits per heavy atom. The quantitative estimate of drug-likeness (QED) is 0.864. The summed E-state index contributed by atoms with van der Waals surface area (Å²) in [5, 5.41) is 3.12. The number of carbonyl (C=O) groups is 1. The van der Waals surface area contributed by atoms with E-state index in [4.69, 9.17) is 16.3 Å². The van der Waals surface area contributed by atoms with Crippen LogP contribution in [0.1, 0.15) is 24.9 Å². The van der Waals surface area contributed by atoms with Gasteiger partial charge in [-0.3, -0.25) is 9.69 Å². The molecule has 0 radical (unpaired) electrons. The van der Waals surface area contributed by atoms with Gasteiger partial charge in [-0.15, -0.1) is 0 Å². The topological polar surface area (TPSA) is 41.6 Å². The molecule has 1 aliphatic heterocycles. The fourth-order valence-electron chi connectivity index (χ4n) is 3.19. The minimum atomic E-state index is -0.402. The number of benzene rings is 1. The van der Waals surface area contributed by atoms with Crippen LogP contribution in [0.5, 0.6) is 0 Å². The molecule has 4 nitrogen and oxygen atoms in total.